The molecule has 2 rings (SSSR count). The predicted octanol–water partition coefficient (Wildman–Crippen LogP) is 2.83. The van der Waals surface area contributed by atoms with E-state index in [0.29, 0.717) is 12.4 Å². The first kappa shape index (κ1) is 14.5. The van der Waals surface area contributed by atoms with E-state index in [1.165, 1.54) is 5.56 Å². The van der Waals surface area contributed by atoms with Gasteiger partial charge in [-0.25, -0.2) is 0 Å². The topological polar surface area (TPSA) is 51.4 Å². The number of benzene rings is 1. The summed E-state index contributed by atoms with van der Waals surface area (Å²) in [6, 6.07) is 8.36. The molecule has 0 aliphatic heterocycles. The fraction of sp³-hybridized carbons (Fsp3) is 0.467. The average molecular weight is 275 g/mol. The van der Waals surface area contributed by atoms with Crippen LogP contribution >= 0.6 is 0 Å². The van der Waals surface area contributed by atoms with Crippen LogP contribution in [-0.2, 0) is 13.0 Å². The molecular weight excluding hydrogens is 254 g/mol. The fourth-order valence-electron chi connectivity index (χ4n) is 1.99. The number of hydrogen-bond acceptors (Lipinski definition) is 5. The molecular formula is C15H21N3O2. The minimum Gasteiger partial charge on any atom is -0.497 e. The van der Waals surface area contributed by atoms with Gasteiger partial charge in [-0.05, 0) is 31.7 Å². The third-order valence-electron chi connectivity index (χ3n) is 3.47. The van der Waals surface area contributed by atoms with Crippen molar-refractivity contribution < 1.29 is 9.26 Å². The average Bonchev–Trinajstić information content (AvgIpc) is 2.94. The highest BCUT2D eigenvalue weighted by Gasteiger charge is 2.15. The fourth-order valence-corrected chi connectivity index (χ4v) is 1.99. The van der Waals surface area contributed by atoms with Gasteiger partial charge in [0, 0.05) is 12.5 Å². The Morgan fingerprint density at radius 3 is 2.55 bits per heavy atom. The summed E-state index contributed by atoms with van der Waals surface area (Å²) in [5.74, 6) is 2.28. The van der Waals surface area contributed by atoms with Gasteiger partial charge in [-0.1, -0.05) is 24.2 Å². The van der Waals surface area contributed by atoms with E-state index in [2.05, 4.69) is 34.1 Å². The Hall–Kier alpha value is -1.88. The molecule has 0 bridgehead atoms. The van der Waals surface area contributed by atoms with Crippen LogP contribution in [0.25, 0.3) is 0 Å². The van der Waals surface area contributed by atoms with E-state index in [1.54, 1.807) is 7.11 Å². The molecule has 1 atom stereocenters. The summed E-state index contributed by atoms with van der Waals surface area (Å²) in [7, 11) is 3.72. The van der Waals surface area contributed by atoms with Crippen LogP contribution in [0.1, 0.15) is 37.2 Å². The first-order valence-electron chi connectivity index (χ1n) is 6.79. The van der Waals surface area contributed by atoms with Crippen molar-refractivity contribution in [2.45, 2.75) is 32.9 Å². The molecule has 2 aromatic rings. The van der Waals surface area contributed by atoms with Gasteiger partial charge in [0.2, 0.25) is 5.89 Å². The van der Waals surface area contributed by atoms with Crippen LogP contribution in [-0.4, -0.2) is 29.2 Å². The largest absolute Gasteiger partial charge is 0.497 e. The Morgan fingerprint density at radius 1 is 1.30 bits per heavy atom. The maximum atomic E-state index is 5.23. The monoisotopic (exact) mass is 275 g/mol. The minimum absolute atomic E-state index is 0.262. The molecule has 1 unspecified atom stereocenters. The molecule has 5 nitrogen and oxygen atoms in total. The molecule has 108 valence electrons. The highest BCUT2D eigenvalue weighted by atomic mass is 16.5. The summed E-state index contributed by atoms with van der Waals surface area (Å²) in [5.41, 5.74) is 1.23. The Morgan fingerprint density at radius 2 is 2.00 bits per heavy atom. The van der Waals surface area contributed by atoms with Gasteiger partial charge in [0.1, 0.15) is 5.75 Å². The molecule has 0 fully saturated rings. The van der Waals surface area contributed by atoms with E-state index in [9.17, 15) is 0 Å². The summed E-state index contributed by atoms with van der Waals surface area (Å²) in [4.78, 5) is 6.51. The Kier molecular flexibility index (Phi) is 4.74. The number of nitrogens with zero attached hydrogens (tertiary/aromatic N) is 3. The highest BCUT2D eigenvalue weighted by Crippen LogP contribution is 2.22. The smallest absolute Gasteiger partial charge is 0.240 e. The molecule has 1 heterocycles. The number of methoxy groups -OCH3 is 1. The molecule has 1 aromatic heterocycles. The van der Waals surface area contributed by atoms with Gasteiger partial charge in [0.15, 0.2) is 5.82 Å². The number of aromatic nitrogens is 2. The van der Waals surface area contributed by atoms with Gasteiger partial charge >= 0.3 is 0 Å². The number of hydrogen-bond donors (Lipinski definition) is 0. The molecule has 0 saturated carbocycles. The SMILES string of the molecule is CCc1noc(CN(C)C(C)c2ccc(OC)cc2)n1. The molecule has 0 spiro atoms. The van der Waals surface area contributed by atoms with Gasteiger partial charge in [0.25, 0.3) is 0 Å². The molecule has 5 heteroatoms. The molecule has 0 aliphatic carbocycles. The zero-order chi connectivity index (χ0) is 14.5. The summed E-state index contributed by atoms with van der Waals surface area (Å²) >= 11 is 0. The second kappa shape index (κ2) is 6.52. The van der Waals surface area contributed by atoms with Gasteiger partial charge in [-0.3, -0.25) is 4.90 Å². The van der Waals surface area contributed by atoms with E-state index in [-0.39, 0.29) is 6.04 Å². The Labute approximate surface area is 119 Å². The van der Waals surface area contributed by atoms with Crippen LogP contribution < -0.4 is 4.74 Å². The van der Waals surface area contributed by atoms with E-state index < -0.39 is 0 Å². The Bertz CT molecular complexity index is 536. The van der Waals surface area contributed by atoms with Crippen LogP contribution in [0.3, 0.4) is 0 Å². The van der Waals surface area contributed by atoms with Crippen molar-refractivity contribution in [3.05, 3.63) is 41.5 Å². The van der Waals surface area contributed by atoms with Crippen LogP contribution in [0.2, 0.25) is 0 Å². The van der Waals surface area contributed by atoms with Gasteiger partial charge < -0.3 is 9.26 Å². The second-order valence-electron chi connectivity index (χ2n) is 4.82. The summed E-state index contributed by atoms with van der Waals surface area (Å²) < 4.78 is 10.4. The van der Waals surface area contributed by atoms with Gasteiger partial charge in [0.05, 0.1) is 13.7 Å². The highest BCUT2D eigenvalue weighted by molar-refractivity contribution is 5.28. The summed E-state index contributed by atoms with van der Waals surface area (Å²) in [6.45, 7) is 4.80. The zero-order valence-electron chi connectivity index (χ0n) is 12.5. The zero-order valence-corrected chi connectivity index (χ0v) is 12.5. The molecule has 0 radical (unpaired) electrons. The van der Waals surface area contributed by atoms with Crippen molar-refractivity contribution in [1.29, 1.82) is 0 Å². The number of ether oxygens (including phenoxy) is 1. The lowest BCUT2D eigenvalue weighted by atomic mass is 10.1. The lowest BCUT2D eigenvalue weighted by Gasteiger charge is -2.23. The third-order valence-corrected chi connectivity index (χ3v) is 3.47. The summed E-state index contributed by atoms with van der Waals surface area (Å²) in [6.07, 6.45) is 0.793. The summed E-state index contributed by atoms with van der Waals surface area (Å²) in [5, 5.41) is 3.91. The standard InChI is InChI=1S/C15H21N3O2/c1-5-14-16-15(20-17-14)10-18(3)11(2)12-6-8-13(19-4)9-7-12/h6-9,11H,5,10H2,1-4H3. The van der Waals surface area contributed by atoms with Crippen molar-refractivity contribution in [3.63, 3.8) is 0 Å². The normalized spacial score (nSPS) is 12.7. The van der Waals surface area contributed by atoms with Crippen molar-refractivity contribution in [1.82, 2.24) is 15.0 Å². The molecule has 0 aliphatic rings. The molecule has 0 N–H and O–H groups in total. The van der Waals surface area contributed by atoms with Crippen LogP contribution in [0, 0.1) is 0 Å². The maximum Gasteiger partial charge on any atom is 0.240 e. The Balaban J connectivity index is 2.01. The lowest BCUT2D eigenvalue weighted by Crippen LogP contribution is -2.22. The van der Waals surface area contributed by atoms with E-state index in [4.69, 9.17) is 9.26 Å². The molecule has 20 heavy (non-hydrogen) atoms. The molecule has 1 aromatic carbocycles. The van der Waals surface area contributed by atoms with Crippen molar-refractivity contribution >= 4 is 0 Å². The van der Waals surface area contributed by atoms with Crippen LogP contribution in [0.5, 0.6) is 5.75 Å². The number of aryl methyl sites for hydroxylation is 1. The van der Waals surface area contributed by atoms with E-state index >= 15 is 0 Å². The quantitative estimate of drug-likeness (QED) is 0.811. The van der Waals surface area contributed by atoms with Crippen LogP contribution in [0.4, 0.5) is 0 Å². The second-order valence-corrected chi connectivity index (χ2v) is 4.82. The molecule has 0 saturated heterocycles. The third kappa shape index (κ3) is 3.36. The first-order valence-corrected chi connectivity index (χ1v) is 6.79. The van der Waals surface area contributed by atoms with E-state index in [0.717, 1.165) is 18.0 Å². The van der Waals surface area contributed by atoms with Crippen molar-refractivity contribution in [3.8, 4) is 5.75 Å². The lowest BCUT2D eigenvalue weighted by molar-refractivity contribution is 0.216. The van der Waals surface area contributed by atoms with E-state index in [1.807, 2.05) is 26.1 Å². The van der Waals surface area contributed by atoms with Gasteiger partial charge in [-0.2, -0.15) is 4.98 Å². The maximum absolute atomic E-state index is 5.23. The minimum atomic E-state index is 0.262. The van der Waals surface area contributed by atoms with Gasteiger partial charge in [-0.15, -0.1) is 0 Å². The predicted molar refractivity (Wildman–Crippen MR) is 76.6 cm³/mol. The van der Waals surface area contributed by atoms with Crippen molar-refractivity contribution in [2.75, 3.05) is 14.2 Å². The molecule has 0 amide bonds. The first-order chi connectivity index (χ1) is 9.63. The van der Waals surface area contributed by atoms with Crippen molar-refractivity contribution in [2.24, 2.45) is 0 Å². The number of rotatable bonds is 6. The van der Waals surface area contributed by atoms with Crippen LogP contribution in [0.15, 0.2) is 28.8 Å².